The molecule has 1 aromatic carbocycles. The maximum atomic E-state index is 12.9. The Kier molecular flexibility index (Phi) is 4.09. The first-order valence-electron chi connectivity index (χ1n) is 9.50. The molecule has 0 aromatic heterocycles. The molecule has 1 aliphatic carbocycles. The molecule has 2 saturated heterocycles. The number of piperazine rings is 1. The van der Waals surface area contributed by atoms with E-state index in [0.29, 0.717) is 26.2 Å². The number of nitrogens with zero attached hydrogens (tertiary/aromatic N) is 3. The predicted octanol–water partition coefficient (Wildman–Crippen LogP) is 3.04. The Morgan fingerprint density at radius 3 is 2.65 bits per heavy atom. The van der Waals surface area contributed by atoms with Gasteiger partial charge in [0, 0.05) is 31.9 Å². The minimum atomic E-state index is -0.504. The lowest BCUT2D eigenvalue weighted by Crippen LogP contribution is -2.54. The molecule has 0 bridgehead atoms. The van der Waals surface area contributed by atoms with Gasteiger partial charge in [0.05, 0.1) is 6.04 Å². The number of benzene rings is 1. The van der Waals surface area contributed by atoms with Crippen LogP contribution in [-0.4, -0.2) is 59.7 Å². The third-order valence-corrected chi connectivity index (χ3v) is 5.40. The zero-order valence-electron chi connectivity index (χ0n) is 15.8. The first-order chi connectivity index (χ1) is 12.3. The molecular formula is C20H27N3O3. The van der Waals surface area contributed by atoms with Crippen LogP contribution in [0.25, 0.3) is 0 Å². The van der Waals surface area contributed by atoms with Crippen molar-refractivity contribution in [1.82, 2.24) is 9.80 Å². The minimum absolute atomic E-state index is 0.0250. The molecule has 6 heteroatoms. The molecule has 6 nitrogen and oxygen atoms in total. The molecular weight excluding hydrogens is 330 g/mol. The van der Waals surface area contributed by atoms with Crippen LogP contribution in [0.1, 0.15) is 38.3 Å². The summed E-state index contributed by atoms with van der Waals surface area (Å²) >= 11 is 0. The Bertz CT molecular complexity index is 740. The number of fused-ring (bicyclic) bond motifs is 2. The number of hydrogen-bond donors (Lipinski definition) is 0. The van der Waals surface area contributed by atoms with Gasteiger partial charge in [0.1, 0.15) is 5.60 Å². The fourth-order valence-electron chi connectivity index (χ4n) is 4.14. The standard InChI is InChI=1S/C20H27N3O3/c1-20(2,3)26-19(25)21-9-10-22-17(12-21)13-23(18(22)24)16-8-7-14-5-4-6-15(14)11-16/h7-8,11,17H,4-6,9-10,12-13H2,1-3H3. The highest BCUT2D eigenvalue weighted by atomic mass is 16.6. The molecule has 0 spiro atoms. The summed E-state index contributed by atoms with van der Waals surface area (Å²) in [6.07, 6.45) is 3.15. The number of urea groups is 1. The number of hydrogen-bond acceptors (Lipinski definition) is 3. The molecule has 26 heavy (non-hydrogen) atoms. The van der Waals surface area contributed by atoms with Gasteiger partial charge in [-0.05, 0) is 63.3 Å². The summed E-state index contributed by atoms with van der Waals surface area (Å²) < 4.78 is 5.48. The van der Waals surface area contributed by atoms with Crippen molar-refractivity contribution < 1.29 is 14.3 Å². The van der Waals surface area contributed by atoms with Crippen LogP contribution < -0.4 is 4.90 Å². The monoisotopic (exact) mass is 357 g/mol. The van der Waals surface area contributed by atoms with Crippen molar-refractivity contribution in [2.75, 3.05) is 31.1 Å². The average Bonchev–Trinajstić information content (AvgIpc) is 3.16. The number of anilines is 1. The van der Waals surface area contributed by atoms with E-state index in [0.717, 1.165) is 18.5 Å². The zero-order valence-corrected chi connectivity index (χ0v) is 15.8. The van der Waals surface area contributed by atoms with E-state index in [-0.39, 0.29) is 18.2 Å². The maximum Gasteiger partial charge on any atom is 0.410 e. The largest absolute Gasteiger partial charge is 0.444 e. The number of aryl methyl sites for hydroxylation is 2. The normalized spacial score (nSPS) is 22.5. The number of carbonyl (C=O) groups excluding carboxylic acids is 2. The predicted molar refractivity (Wildman–Crippen MR) is 99.5 cm³/mol. The van der Waals surface area contributed by atoms with E-state index in [9.17, 15) is 9.59 Å². The number of carbonyl (C=O) groups is 2. The highest BCUT2D eigenvalue weighted by Gasteiger charge is 2.43. The molecule has 2 fully saturated rings. The number of rotatable bonds is 1. The molecule has 0 saturated carbocycles. The van der Waals surface area contributed by atoms with E-state index < -0.39 is 5.60 Å². The van der Waals surface area contributed by atoms with E-state index in [1.54, 1.807) is 4.90 Å². The van der Waals surface area contributed by atoms with Gasteiger partial charge in [0.25, 0.3) is 0 Å². The highest BCUT2D eigenvalue weighted by Crippen LogP contribution is 2.31. The van der Waals surface area contributed by atoms with Crippen LogP contribution in [0.3, 0.4) is 0 Å². The molecule has 3 amide bonds. The first kappa shape index (κ1) is 17.2. The van der Waals surface area contributed by atoms with Gasteiger partial charge in [0.15, 0.2) is 0 Å². The molecule has 3 aliphatic rings. The number of ether oxygens (including phenoxy) is 1. The SMILES string of the molecule is CC(C)(C)OC(=O)N1CCN2C(=O)N(c3ccc4c(c3)CCC4)CC2C1. The third-order valence-electron chi connectivity index (χ3n) is 5.40. The van der Waals surface area contributed by atoms with Gasteiger partial charge in [0.2, 0.25) is 0 Å². The second kappa shape index (κ2) is 6.18. The van der Waals surface area contributed by atoms with Crippen molar-refractivity contribution >= 4 is 17.8 Å². The lowest BCUT2D eigenvalue weighted by molar-refractivity contribution is 0.0128. The lowest BCUT2D eigenvalue weighted by atomic mass is 10.1. The molecule has 4 rings (SSSR count). The van der Waals surface area contributed by atoms with E-state index in [2.05, 4.69) is 18.2 Å². The smallest absolute Gasteiger partial charge is 0.410 e. The van der Waals surface area contributed by atoms with Crippen molar-refractivity contribution in [3.05, 3.63) is 29.3 Å². The first-order valence-corrected chi connectivity index (χ1v) is 9.50. The molecule has 1 atom stereocenters. The summed E-state index contributed by atoms with van der Waals surface area (Å²) in [5, 5.41) is 0. The molecule has 140 valence electrons. The zero-order chi connectivity index (χ0) is 18.5. The summed E-state index contributed by atoms with van der Waals surface area (Å²) in [5.41, 5.74) is 3.26. The quantitative estimate of drug-likeness (QED) is 0.776. The van der Waals surface area contributed by atoms with Crippen molar-refractivity contribution in [3.8, 4) is 0 Å². The van der Waals surface area contributed by atoms with Gasteiger partial charge in [-0.3, -0.25) is 4.90 Å². The van der Waals surface area contributed by atoms with Crippen LogP contribution in [0, 0.1) is 0 Å². The van der Waals surface area contributed by atoms with Crippen molar-refractivity contribution in [3.63, 3.8) is 0 Å². The van der Waals surface area contributed by atoms with E-state index in [1.807, 2.05) is 30.6 Å². The maximum absolute atomic E-state index is 12.9. The van der Waals surface area contributed by atoms with Gasteiger partial charge < -0.3 is 14.5 Å². The van der Waals surface area contributed by atoms with Gasteiger partial charge in [-0.15, -0.1) is 0 Å². The van der Waals surface area contributed by atoms with E-state index in [1.165, 1.54) is 17.5 Å². The topological polar surface area (TPSA) is 53.1 Å². The van der Waals surface area contributed by atoms with Gasteiger partial charge >= 0.3 is 12.1 Å². The van der Waals surface area contributed by atoms with Crippen LogP contribution in [-0.2, 0) is 17.6 Å². The summed E-state index contributed by atoms with van der Waals surface area (Å²) in [4.78, 5) is 30.7. The van der Waals surface area contributed by atoms with Gasteiger partial charge in [-0.1, -0.05) is 6.07 Å². The van der Waals surface area contributed by atoms with Crippen LogP contribution in [0.2, 0.25) is 0 Å². The Labute approximate surface area is 154 Å². The average molecular weight is 357 g/mol. The fraction of sp³-hybridized carbons (Fsp3) is 0.600. The summed E-state index contributed by atoms with van der Waals surface area (Å²) in [5.74, 6) is 0. The second-order valence-electron chi connectivity index (χ2n) is 8.47. The third kappa shape index (κ3) is 3.13. The van der Waals surface area contributed by atoms with Crippen LogP contribution in [0.4, 0.5) is 15.3 Å². The Morgan fingerprint density at radius 1 is 1.12 bits per heavy atom. The number of amides is 3. The van der Waals surface area contributed by atoms with Crippen LogP contribution in [0.15, 0.2) is 18.2 Å². The molecule has 1 unspecified atom stereocenters. The van der Waals surface area contributed by atoms with Crippen LogP contribution >= 0.6 is 0 Å². The minimum Gasteiger partial charge on any atom is -0.444 e. The molecule has 2 heterocycles. The lowest BCUT2D eigenvalue weighted by Gasteiger charge is -2.36. The molecule has 2 aliphatic heterocycles. The summed E-state index contributed by atoms with van der Waals surface area (Å²) in [6.45, 7) is 7.85. The van der Waals surface area contributed by atoms with E-state index in [4.69, 9.17) is 4.74 Å². The Balaban J connectivity index is 1.47. The van der Waals surface area contributed by atoms with Gasteiger partial charge in [-0.2, -0.15) is 0 Å². The van der Waals surface area contributed by atoms with E-state index >= 15 is 0 Å². The Morgan fingerprint density at radius 2 is 1.88 bits per heavy atom. The molecule has 0 N–H and O–H groups in total. The summed E-state index contributed by atoms with van der Waals surface area (Å²) in [7, 11) is 0. The second-order valence-corrected chi connectivity index (χ2v) is 8.47. The highest BCUT2D eigenvalue weighted by molar-refractivity contribution is 5.95. The fourth-order valence-corrected chi connectivity index (χ4v) is 4.14. The van der Waals surface area contributed by atoms with Crippen LogP contribution in [0.5, 0.6) is 0 Å². The molecule has 0 radical (unpaired) electrons. The van der Waals surface area contributed by atoms with Gasteiger partial charge in [-0.25, -0.2) is 9.59 Å². The summed E-state index contributed by atoms with van der Waals surface area (Å²) in [6, 6.07) is 6.47. The van der Waals surface area contributed by atoms with Crippen molar-refractivity contribution in [1.29, 1.82) is 0 Å². The molecule has 1 aromatic rings. The van der Waals surface area contributed by atoms with Crippen molar-refractivity contribution in [2.45, 2.75) is 51.7 Å². The Hall–Kier alpha value is -2.24. The van der Waals surface area contributed by atoms with Crippen molar-refractivity contribution in [2.24, 2.45) is 0 Å².